The van der Waals surface area contributed by atoms with Gasteiger partial charge >= 0.3 is 0 Å². The number of thiophene rings is 1. The first kappa shape index (κ1) is 16.3. The molecule has 1 heterocycles. The Morgan fingerprint density at radius 1 is 1.30 bits per heavy atom. The summed E-state index contributed by atoms with van der Waals surface area (Å²) in [6, 6.07) is 4.53. The maximum Gasteiger partial charge on any atom is 0.0931 e. The Balaban J connectivity index is 2.15. The molecule has 1 unspecified atom stereocenters. The highest BCUT2D eigenvalue weighted by atomic mass is 35.5. The lowest BCUT2D eigenvalue weighted by atomic mass is 9.84. The Morgan fingerprint density at radius 3 is 2.50 bits per heavy atom. The van der Waals surface area contributed by atoms with Crippen LogP contribution < -0.4 is 5.32 Å². The van der Waals surface area contributed by atoms with E-state index in [0.29, 0.717) is 6.04 Å². The van der Waals surface area contributed by atoms with Gasteiger partial charge in [-0.25, -0.2) is 0 Å². The molecular weight excluding hydrogens is 290 g/mol. The summed E-state index contributed by atoms with van der Waals surface area (Å²) < 4.78 is 6.94. The van der Waals surface area contributed by atoms with Crippen molar-refractivity contribution in [3.63, 3.8) is 0 Å². The Labute approximate surface area is 131 Å². The van der Waals surface area contributed by atoms with E-state index in [2.05, 4.69) is 18.3 Å². The number of methoxy groups -OCH3 is 1. The predicted octanol–water partition coefficient (Wildman–Crippen LogP) is 4.66. The van der Waals surface area contributed by atoms with Crippen molar-refractivity contribution in [2.24, 2.45) is 0 Å². The maximum atomic E-state index is 6.07. The zero-order valence-electron chi connectivity index (χ0n) is 12.6. The molecule has 1 saturated carbocycles. The molecule has 2 rings (SSSR count). The van der Waals surface area contributed by atoms with Crippen LogP contribution >= 0.6 is 22.9 Å². The lowest BCUT2D eigenvalue weighted by molar-refractivity contribution is -0.0521. The van der Waals surface area contributed by atoms with E-state index in [9.17, 15) is 0 Å². The minimum atomic E-state index is -0.0109. The van der Waals surface area contributed by atoms with Crippen molar-refractivity contribution in [3.8, 4) is 0 Å². The van der Waals surface area contributed by atoms with Crippen LogP contribution in [0.15, 0.2) is 12.1 Å². The fourth-order valence-electron chi connectivity index (χ4n) is 3.38. The van der Waals surface area contributed by atoms with Crippen LogP contribution in [0.3, 0.4) is 0 Å². The molecule has 114 valence electrons. The molecular formula is C16H26ClNOS. The van der Waals surface area contributed by atoms with E-state index >= 15 is 0 Å². The summed E-state index contributed by atoms with van der Waals surface area (Å²) in [4.78, 5) is 1.35. The molecule has 0 radical (unpaired) electrons. The van der Waals surface area contributed by atoms with Crippen molar-refractivity contribution < 1.29 is 4.74 Å². The van der Waals surface area contributed by atoms with Gasteiger partial charge in [0.2, 0.25) is 0 Å². The van der Waals surface area contributed by atoms with Gasteiger partial charge in [0.1, 0.15) is 0 Å². The van der Waals surface area contributed by atoms with Gasteiger partial charge in [0.05, 0.1) is 9.94 Å². The number of nitrogens with one attached hydrogen (secondary N) is 1. The van der Waals surface area contributed by atoms with Crippen LogP contribution in [0.4, 0.5) is 0 Å². The minimum Gasteiger partial charge on any atom is -0.377 e. The standard InChI is InChI=1S/C16H26ClNOS/c1-3-18-14(12-13-8-9-15(17)20-13)16(19-2)10-6-4-5-7-11-16/h8-9,14,18H,3-7,10-12H2,1-2H3. The summed E-state index contributed by atoms with van der Waals surface area (Å²) in [6.45, 7) is 3.16. The second-order valence-corrected chi connectivity index (χ2v) is 7.50. The van der Waals surface area contributed by atoms with Crippen LogP contribution in [0.25, 0.3) is 0 Å². The third-order valence-electron chi connectivity index (χ3n) is 4.48. The Kier molecular flexibility index (Phi) is 6.34. The minimum absolute atomic E-state index is 0.0109. The Bertz CT molecular complexity index is 399. The SMILES string of the molecule is CCNC(Cc1ccc(Cl)s1)C1(OC)CCCCCC1. The summed E-state index contributed by atoms with van der Waals surface area (Å²) in [6.07, 6.45) is 8.59. The molecule has 1 aliphatic rings. The van der Waals surface area contributed by atoms with Crippen molar-refractivity contribution in [3.05, 3.63) is 21.3 Å². The summed E-state index contributed by atoms with van der Waals surface area (Å²) in [5.74, 6) is 0. The second kappa shape index (κ2) is 7.79. The van der Waals surface area contributed by atoms with Crippen molar-refractivity contribution in [1.29, 1.82) is 0 Å². The highest BCUT2D eigenvalue weighted by Gasteiger charge is 2.38. The van der Waals surface area contributed by atoms with Crippen LogP contribution in [-0.4, -0.2) is 25.3 Å². The van der Waals surface area contributed by atoms with Crippen molar-refractivity contribution in [2.75, 3.05) is 13.7 Å². The molecule has 1 fully saturated rings. The number of hydrogen-bond acceptors (Lipinski definition) is 3. The van der Waals surface area contributed by atoms with Gasteiger partial charge in [-0.15, -0.1) is 11.3 Å². The van der Waals surface area contributed by atoms with Crippen molar-refractivity contribution in [2.45, 2.75) is 63.5 Å². The normalized spacial score (nSPS) is 20.6. The van der Waals surface area contributed by atoms with E-state index in [0.717, 1.165) is 17.3 Å². The van der Waals surface area contributed by atoms with Crippen LogP contribution in [0.1, 0.15) is 50.3 Å². The van der Waals surface area contributed by atoms with Crippen LogP contribution in [-0.2, 0) is 11.2 Å². The topological polar surface area (TPSA) is 21.3 Å². The fourth-order valence-corrected chi connectivity index (χ4v) is 4.51. The molecule has 1 aromatic rings. The highest BCUT2D eigenvalue weighted by Crippen LogP contribution is 2.35. The Morgan fingerprint density at radius 2 is 2.00 bits per heavy atom. The molecule has 0 saturated heterocycles. The number of likely N-dealkylation sites (N-methyl/N-ethyl adjacent to an activating group) is 1. The van der Waals surface area contributed by atoms with E-state index in [1.807, 2.05) is 13.2 Å². The number of hydrogen-bond donors (Lipinski definition) is 1. The highest BCUT2D eigenvalue weighted by molar-refractivity contribution is 7.16. The monoisotopic (exact) mass is 315 g/mol. The molecule has 2 nitrogen and oxygen atoms in total. The second-order valence-electron chi connectivity index (χ2n) is 5.70. The van der Waals surface area contributed by atoms with Gasteiger partial charge in [-0.1, -0.05) is 44.2 Å². The van der Waals surface area contributed by atoms with E-state index in [4.69, 9.17) is 16.3 Å². The average Bonchev–Trinajstić information content (AvgIpc) is 2.72. The van der Waals surface area contributed by atoms with Gasteiger partial charge in [-0.3, -0.25) is 0 Å². The Hall–Kier alpha value is -0.0900. The van der Waals surface area contributed by atoms with Gasteiger partial charge in [-0.05, 0) is 37.9 Å². The van der Waals surface area contributed by atoms with E-state index in [-0.39, 0.29) is 5.60 Å². The largest absolute Gasteiger partial charge is 0.377 e. The lowest BCUT2D eigenvalue weighted by Gasteiger charge is -2.39. The quantitative estimate of drug-likeness (QED) is 0.771. The predicted molar refractivity (Wildman–Crippen MR) is 87.9 cm³/mol. The molecule has 0 spiro atoms. The number of rotatable bonds is 6. The first-order valence-corrected chi connectivity index (χ1v) is 8.92. The third kappa shape index (κ3) is 3.97. The molecule has 0 aromatic carbocycles. The molecule has 4 heteroatoms. The molecule has 1 N–H and O–H groups in total. The van der Waals surface area contributed by atoms with Gasteiger partial charge in [0.25, 0.3) is 0 Å². The maximum absolute atomic E-state index is 6.07. The van der Waals surface area contributed by atoms with Gasteiger partial charge < -0.3 is 10.1 Å². The summed E-state index contributed by atoms with van der Waals surface area (Å²) >= 11 is 7.76. The smallest absolute Gasteiger partial charge is 0.0931 e. The van der Waals surface area contributed by atoms with E-state index in [1.165, 1.54) is 43.4 Å². The van der Waals surface area contributed by atoms with Gasteiger partial charge in [0, 0.05) is 18.0 Å². The molecule has 0 amide bonds. The van der Waals surface area contributed by atoms with E-state index < -0.39 is 0 Å². The summed E-state index contributed by atoms with van der Waals surface area (Å²) in [5, 5.41) is 3.67. The van der Waals surface area contributed by atoms with Crippen molar-refractivity contribution >= 4 is 22.9 Å². The molecule has 0 bridgehead atoms. The van der Waals surface area contributed by atoms with E-state index in [1.54, 1.807) is 11.3 Å². The third-order valence-corrected chi connectivity index (χ3v) is 5.73. The van der Waals surface area contributed by atoms with Crippen LogP contribution in [0.5, 0.6) is 0 Å². The zero-order chi connectivity index (χ0) is 14.4. The average molecular weight is 316 g/mol. The first-order chi connectivity index (χ1) is 9.70. The molecule has 1 atom stereocenters. The summed E-state index contributed by atoms with van der Waals surface area (Å²) in [7, 11) is 1.89. The molecule has 1 aromatic heterocycles. The number of halogens is 1. The van der Waals surface area contributed by atoms with Crippen LogP contribution in [0.2, 0.25) is 4.34 Å². The van der Waals surface area contributed by atoms with Crippen LogP contribution in [0, 0.1) is 0 Å². The molecule has 0 aliphatic heterocycles. The lowest BCUT2D eigenvalue weighted by Crippen LogP contribution is -2.53. The number of ether oxygens (including phenoxy) is 1. The molecule has 1 aliphatic carbocycles. The first-order valence-electron chi connectivity index (χ1n) is 7.73. The zero-order valence-corrected chi connectivity index (χ0v) is 14.2. The van der Waals surface area contributed by atoms with Gasteiger partial charge in [0.15, 0.2) is 0 Å². The van der Waals surface area contributed by atoms with Crippen molar-refractivity contribution in [1.82, 2.24) is 5.32 Å². The molecule has 20 heavy (non-hydrogen) atoms. The summed E-state index contributed by atoms with van der Waals surface area (Å²) in [5.41, 5.74) is -0.0109. The fraction of sp³-hybridized carbons (Fsp3) is 0.750. The van der Waals surface area contributed by atoms with Gasteiger partial charge in [-0.2, -0.15) is 0 Å².